The second kappa shape index (κ2) is 16.6. The predicted octanol–water partition coefficient (Wildman–Crippen LogP) is 1.16. The van der Waals surface area contributed by atoms with Crippen LogP contribution >= 0.6 is 23.2 Å². The molecule has 0 aromatic carbocycles. The molecule has 0 fully saturated rings. The van der Waals surface area contributed by atoms with Crippen molar-refractivity contribution >= 4 is 29.7 Å². The molecule has 0 atom stereocenters. The van der Waals surface area contributed by atoms with Gasteiger partial charge in [-0.3, -0.25) is 4.79 Å². The highest BCUT2D eigenvalue weighted by Crippen LogP contribution is 1.75. The minimum atomic E-state index is -0.250. The van der Waals surface area contributed by atoms with E-state index in [9.17, 15) is 0 Å². The third-order valence-corrected chi connectivity index (χ3v) is 0.643. The molecule has 0 saturated carbocycles. The summed E-state index contributed by atoms with van der Waals surface area (Å²) in [5.74, 6) is 1.11. The van der Waals surface area contributed by atoms with Crippen LogP contribution in [0.1, 0.15) is 0 Å². The number of halogens is 2. The average Bonchev–Trinajstić information content (AvgIpc) is 1.69. The largest absolute Gasteiger partial charge is 0.483 e. The van der Waals surface area contributed by atoms with E-state index in [0.717, 1.165) is 0 Å². The Balaban J connectivity index is 0. The number of hydrogen-bond donors (Lipinski definition) is 1. The molecule has 0 aliphatic heterocycles. The van der Waals surface area contributed by atoms with Gasteiger partial charge in [-0.15, -0.1) is 23.2 Å². The molecule has 0 aromatic heterocycles. The molecule has 0 rings (SSSR count). The molecule has 4 heteroatoms. The highest BCUT2D eigenvalue weighted by atomic mass is 35.5. The van der Waals surface area contributed by atoms with E-state index in [1.165, 1.54) is 0 Å². The van der Waals surface area contributed by atoms with Gasteiger partial charge in [0.15, 0.2) is 0 Å². The van der Waals surface area contributed by atoms with Crippen LogP contribution in [-0.2, 0) is 4.79 Å². The van der Waals surface area contributed by atoms with E-state index in [1.54, 1.807) is 0 Å². The number of carboxylic acid groups (broad SMARTS) is 1. The molecule has 2 nitrogen and oxygen atoms in total. The van der Waals surface area contributed by atoms with Crippen molar-refractivity contribution in [3.05, 3.63) is 0 Å². The smallest absolute Gasteiger partial charge is 0.290 e. The van der Waals surface area contributed by atoms with Crippen LogP contribution in [-0.4, -0.2) is 23.3 Å². The maximum atomic E-state index is 8.36. The maximum absolute atomic E-state index is 8.36. The van der Waals surface area contributed by atoms with Crippen molar-refractivity contribution in [1.82, 2.24) is 0 Å². The lowest BCUT2D eigenvalue weighted by molar-refractivity contribution is -0.122. The van der Waals surface area contributed by atoms with E-state index >= 15 is 0 Å². The first-order chi connectivity index (χ1) is 3.33. The topological polar surface area (TPSA) is 37.3 Å². The molecule has 7 heavy (non-hydrogen) atoms. The van der Waals surface area contributed by atoms with E-state index in [0.29, 0.717) is 11.8 Å². The molecule has 0 aliphatic carbocycles. The lowest BCUT2D eigenvalue weighted by Gasteiger charge is -1.63. The summed E-state index contributed by atoms with van der Waals surface area (Å²) in [5.41, 5.74) is 0. The lowest BCUT2D eigenvalue weighted by atomic mass is 11.0. The third kappa shape index (κ3) is 90.0. The Morgan fingerprint density at radius 2 is 1.57 bits per heavy atom. The zero-order valence-corrected chi connectivity index (χ0v) is 5.11. The van der Waals surface area contributed by atoms with Crippen LogP contribution in [0, 0.1) is 0 Å². The highest BCUT2D eigenvalue weighted by molar-refractivity contribution is 6.25. The Morgan fingerprint density at radius 1 is 1.43 bits per heavy atom. The zero-order chi connectivity index (χ0) is 6.12. The van der Waals surface area contributed by atoms with Crippen molar-refractivity contribution in [2.24, 2.45) is 0 Å². The van der Waals surface area contributed by atoms with Gasteiger partial charge in [0, 0.05) is 11.8 Å². The average molecular weight is 145 g/mol. The maximum Gasteiger partial charge on any atom is 0.290 e. The molecular weight excluding hydrogens is 139 g/mol. The van der Waals surface area contributed by atoms with Crippen LogP contribution in [0.25, 0.3) is 0 Å². The molecule has 0 amide bonds. The van der Waals surface area contributed by atoms with Crippen molar-refractivity contribution in [3.63, 3.8) is 0 Å². The van der Waals surface area contributed by atoms with Crippen molar-refractivity contribution in [3.8, 4) is 0 Å². The molecule has 0 bridgehead atoms. The van der Waals surface area contributed by atoms with Crippen LogP contribution < -0.4 is 0 Å². The van der Waals surface area contributed by atoms with E-state index in [4.69, 9.17) is 33.1 Å². The molecule has 0 saturated heterocycles. The van der Waals surface area contributed by atoms with Crippen LogP contribution in [0.4, 0.5) is 0 Å². The van der Waals surface area contributed by atoms with E-state index in [2.05, 4.69) is 0 Å². The van der Waals surface area contributed by atoms with Crippen molar-refractivity contribution in [2.75, 3.05) is 11.8 Å². The Morgan fingerprint density at radius 3 is 1.57 bits per heavy atom. The summed E-state index contributed by atoms with van der Waals surface area (Å²) >= 11 is 10.1. The minimum absolute atomic E-state index is 0.250. The lowest BCUT2D eigenvalue weighted by Crippen LogP contribution is -1.63. The highest BCUT2D eigenvalue weighted by Gasteiger charge is 1.61. The number of hydrogen-bond acceptors (Lipinski definition) is 1. The van der Waals surface area contributed by atoms with E-state index in [-0.39, 0.29) is 6.47 Å². The summed E-state index contributed by atoms with van der Waals surface area (Å²) in [5, 5.41) is 6.89. The standard InChI is InChI=1S/C2H4Cl2.CH2O2/c3-1-2-4;2-1-3/h1-2H2;1H,(H,2,3). The van der Waals surface area contributed by atoms with Crippen LogP contribution in [0.2, 0.25) is 0 Å². The van der Waals surface area contributed by atoms with Gasteiger partial charge in [0.25, 0.3) is 6.47 Å². The molecule has 0 aromatic rings. The Hall–Kier alpha value is 0.0500. The zero-order valence-electron chi connectivity index (χ0n) is 3.60. The fourth-order valence-electron chi connectivity index (χ4n) is 0. The number of rotatable bonds is 1. The number of alkyl halides is 2. The first kappa shape index (κ1) is 10.1. The second-order valence-corrected chi connectivity index (χ2v) is 1.24. The van der Waals surface area contributed by atoms with Gasteiger partial charge in [0.1, 0.15) is 0 Å². The Labute approximate surface area is 52.0 Å². The first-order valence-corrected chi connectivity index (χ1v) is 2.60. The van der Waals surface area contributed by atoms with Gasteiger partial charge in [-0.1, -0.05) is 0 Å². The molecule has 44 valence electrons. The van der Waals surface area contributed by atoms with Crippen molar-refractivity contribution in [2.45, 2.75) is 0 Å². The minimum Gasteiger partial charge on any atom is -0.483 e. The molecule has 0 unspecified atom stereocenters. The number of carbonyl (C=O) groups is 1. The second-order valence-electron chi connectivity index (χ2n) is 0.483. The van der Waals surface area contributed by atoms with Gasteiger partial charge >= 0.3 is 0 Å². The predicted molar refractivity (Wildman–Crippen MR) is 30.1 cm³/mol. The van der Waals surface area contributed by atoms with Gasteiger partial charge in [-0.05, 0) is 0 Å². The molecule has 1 N–H and O–H groups in total. The molecule has 0 aliphatic rings. The third-order valence-electron chi connectivity index (χ3n) is 0.0714. The van der Waals surface area contributed by atoms with Gasteiger partial charge < -0.3 is 5.11 Å². The van der Waals surface area contributed by atoms with Gasteiger partial charge in [0.2, 0.25) is 0 Å². The normalized spacial score (nSPS) is 6.00. The van der Waals surface area contributed by atoms with Crippen LogP contribution in [0.5, 0.6) is 0 Å². The molecule has 0 radical (unpaired) electrons. The van der Waals surface area contributed by atoms with Gasteiger partial charge in [-0.2, -0.15) is 0 Å². The van der Waals surface area contributed by atoms with Gasteiger partial charge in [0.05, 0.1) is 0 Å². The molecule has 0 spiro atoms. The monoisotopic (exact) mass is 144 g/mol. The van der Waals surface area contributed by atoms with Crippen LogP contribution in [0.3, 0.4) is 0 Å². The summed E-state index contributed by atoms with van der Waals surface area (Å²) < 4.78 is 0. The SMILES string of the molecule is ClCCCl.O=CO. The summed E-state index contributed by atoms with van der Waals surface area (Å²) in [4.78, 5) is 8.36. The molecule has 0 heterocycles. The summed E-state index contributed by atoms with van der Waals surface area (Å²) in [6, 6.07) is 0. The molecular formula is C3H6Cl2O2. The quantitative estimate of drug-likeness (QED) is 0.444. The van der Waals surface area contributed by atoms with Gasteiger partial charge in [-0.25, -0.2) is 0 Å². The summed E-state index contributed by atoms with van der Waals surface area (Å²) in [6.45, 7) is -0.250. The fourth-order valence-corrected chi connectivity index (χ4v) is 0. The van der Waals surface area contributed by atoms with E-state index in [1.807, 2.05) is 0 Å². The first-order valence-electron chi connectivity index (χ1n) is 1.53. The van der Waals surface area contributed by atoms with E-state index < -0.39 is 0 Å². The Kier molecular flexibility index (Phi) is 24.0. The Bertz CT molecular complexity index is 30.1. The fraction of sp³-hybridized carbons (Fsp3) is 0.667. The van der Waals surface area contributed by atoms with Crippen molar-refractivity contribution in [1.29, 1.82) is 0 Å². The van der Waals surface area contributed by atoms with Crippen molar-refractivity contribution < 1.29 is 9.90 Å². The van der Waals surface area contributed by atoms with Crippen LogP contribution in [0.15, 0.2) is 0 Å². The summed E-state index contributed by atoms with van der Waals surface area (Å²) in [6.07, 6.45) is 0. The summed E-state index contributed by atoms with van der Waals surface area (Å²) in [7, 11) is 0.